The van der Waals surface area contributed by atoms with E-state index in [2.05, 4.69) is 54.0 Å². The maximum atomic E-state index is 8.81. The summed E-state index contributed by atoms with van der Waals surface area (Å²) in [6.45, 7) is 8.15. The summed E-state index contributed by atoms with van der Waals surface area (Å²) >= 11 is 0. The van der Waals surface area contributed by atoms with Gasteiger partial charge in [-0.15, -0.1) is 0 Å². The van der Waals surface area contributed by atoms with Crippen LogP contribution < -0.4 is 21.7 Å². The van der Waals surface area contributed by atoms with Crippen molar-refractivity contribution in [3.8, 4) is 11.3 Å². The minimum atomic E-state index is 0.571. The van der Waals surface area contributed by atoms with E-state index in [1.54, 1.807) is 6.20 Å². The van der Waals surface area contributed by atoms with Gasteiger partial charge in [0.05, 0.1) is 5.69 Å². The molecule has 1 fully saturated rings. The van der Waals surface area contributed by atoms with Crippen LogP contribution in [0.25, 0.3) is 11.3 Å². The summed E-state index contributed by atoms with van der Waals surface area (Å²) in [5.41, 5.74) is 9.57. The van der Waals surface area contributed by atoms with Gasteiger partial charge in [0.25, 0.3) is 0 Å². The summed E-state index contributed by atoms with van der Waals surface area (Å²) < 4.78 is 0. The van der Waals surface area contributed by atoms with E-state index in [0.717, 1.165) is 74.7 Å². The van der Waals surface area contributed by atoms with E-state index in [9.17, 15) is 0 Å². The number of nitrogens with two attached hydrogens (primary N) is 1. The van der Waals surface area contributed by atoms with Gasteiger partial charge >= 0.3 is 0 Å². The van der Waals surface area contributed by atoms with E-state index in [4.69, 9.17) is 10.5 Å². The second-order valence-electron chi connectivity index (χ2n) is 7.85. The highest BCUT2D eigenvalue weighted by Crippen LogP contribution is 2.21. The van der Waals surface area contributed by atoms with Gasteiger partial charge in [-0.05, 0) is 55.8 Å². The number of benzene rings is 1. The van der Waals surface area contributed by atoms with E-state index in [-0.39, 0.29) is 0 Å². The monoisotopic (exact) mass is 462 g/mol. The Morgan fingerprint density at radius 3 is 2.71 bits per heavy atom. The van der Waals surface area contributed by atoms with Crippen molar-refractivity contribution in [3.63, 3.8) is 0 Å². The molecule has 0 unspecified atom stereocenters. The van der Waals surface area contributed by atoms with Gasteiger partial charge in [-0.25, -0.2) is 15.0 Å². The lowest BCUT2D eigenvalue weighted by atomic mass is 10.1. The Morgan fingerprint density at radius 2 is 1.97 bits per heavy atom. The molecule has 1 aliphatic heterocycles. The first-order valence-corrected chi connectivity index (χ1v) is 11.6. The highest BCUT2D eigenvalue weighted by molar-refractivity contribution is 5.62. The Bertz CT molecular complexity index is 1010. The first kappa shape index (κ1) is 25.2. The fraction of sp³-hybridized carbons (Fsp3) is 0.360. The van der Waals surface area contributed by atoms with Crippen molar-refractivity contribution in [3.05, 3.63) is 60.4 Å². The van der Waals surface area contributed by atoms with Crippen molar-refractivity contribution in [2.75, 3.05) is 49.9 Å². The van der Waals surface area contributed by atoms with Gasteiger partial charge < -0.3 is 26.5 Å². The number of aromatic nitrogens is 3. The molecule has 1 saturated heterocycles. The Morgan fingerprint density at radius 1 is 1.15 bits per heavy atom. The first-order chi connectivity index (χ1) is 16.7. The van der Waals surface area contributed by atoms with E-state index in [0.29, 0.717) is 12.5 Å². The highest BCUT2D eigenvalue weighted by atomic mass is 16.1. The Balaban J connectivity index is 0.00000103. The van der Waals surface area contributed by atoms with E-state index in [1.807, 2.05) is 30.5 Å². The van der Waals surface area contributed by atoms with Crippen LogP contribution in [0, 0.1) is 0 Å². The number of carbonyl (C=O) groups excluding carboxylic acids is 1. The molecule has 0 bridgehead atoms. The van der Waals surface area contributed by atoms with Crippen molar-refractivity contribution in [2.45, 2.75) is 19.9 Å². The summed E-state index contributed by atoms with van der Waals surface area (Å²) in [5.74, 6) is 1.41. The number of aldehydes is 1. The lowest BCUT2D eigenvalue weighted by Gasteiger charge is -2.27. The van der Waals surface area contributed by atoms with Crippen LogP contribution in [0.15, 0.2) is 54.9 Å². The Hall–Kier alpha value is -3.40. The van der Waals surface area contributed by atoms with Gasteiger partial charge in [-0.2, -0.15) is 0 Å². The number of carbonyl (C=O) groups is 1. The van der Waals surface area contributed by atoms with Crippen molar-refractivity contribution in [1.29, 1.82) is 0 Å². The average Bonchev–Trinajstić information content (AvgIpc) is 2.86. The van der Waals surface area contributed by atoms with Gasteiger partial charge in [-0.1, -0.05) is 12.1 Å². The van der Waals surface area contributed by atoms with Crippen LogP contribution in [0.1, 0.15) is 18.9 Å². The predicted octanol–water partition coefficient (Wildman–Crippen LogP) is 2.65. The third kappa shape index (κ3) is 8.18. The molecule has 2 aromatic heterocycles. The molecule has 9 heteroatoms. The maximum absolute atomic E-state index is 8.81. The molecule has 3 heterocycles. The zero-order valence-corrected chi connectivity index (χ0v) is 19.7. The summed E-state index contributed by atoms with van der Waals surface area (Å²) in [4.78, 5) is 24.8. The van der Waals surface area contributed by atoms with E-state index < -0.39 is 0 Å². The molecule has 34 heavy (non-hydrogen) atoms. The van der Waals surface area contributed by atoms with Crippen molar-refractivity contribution < 1.29 is 4.79 Å². The Labute approximate surface area is 201 Å². The summed E-state index contributed by atoms with van der Waals surface area (Å²) in [5, 5.41) is 9.99. The first-order valence-electron chi connectivity index (χ1n) is 11.6. The van der Waals surface area contributed by atoms with Gasteiger partial charge in [0.2, 0.25) is 5.95 Å². The van der Waals surface area contributed by atoms with Gasteiger partial charge in [-0.3, -0.25) is 4.90 Å². The molecule has 5 N–H and O–H groups in total. The molecule has 1 aromatic carbocycles. The van der Waals surface area contributed by atoms with Crippen LogP contribution >= 0.6 is 0 Å². The molecule has 0 atom stereocenters. The molecule has 4 rings (SSSR count). The smallest absolute Gasteiger partial charge is 0.227 e. The van der Waals surface area contributed by atoms with Crippen LogP contribution in [-0.2, 0) is 11.3 Å². The maximum Gasteiger partial charge on any atom is 0.227 e. The summed E-state index contributed by atoms with van der Waals surface area (Å²) in [6.07, 6.45) is 5.26. The number of hydrogen-bond donors (Lipinski definition) is 4. The molecular formula is C25H34N8O. The normalized spacial score (nSPS) is 13.5. The number of pyridine rings is 1. The van der Waals surface area contributed by atoms with Crippen molar-refractivity contribution in [2.24, 2.45) is 5.73 Å². The molecule has 0 radical (unpaired) electrons. The SMILES string of the molecule is CC=O.NCCCNc1ccc(-c2ccnc(Nc3cccc(CN4CCNCC4)c3)n2)cn1. The molecular weight excluding hydrogens is 428 g/mol. The second kappa shape index (κ2) is 14.0. The van der Waals surface area contributed by atoms with E-state index in [1.165, 1.54) is 12.5 Å². The third-order valence-electron chi connectivity index (χ3n) is 5.20. The number of piperazine rings is 1. The Kier molecular flexibility index (Phi) is 10.4. The zero-order chi connectivity index (χ0) is 24.0. The number of nitrogens with one attached hydrogen (secondary N) is 3. The number of hydrogen-bond acceptors (Lipinski definition) is 9. The lowest BCUT2D eigenvalue weighted by Crippen LogP contribution is -2.42. The summed E-state index contributed by atoms with van der Waals surface area (Å²) in [7, 11) is 0. The molecule has 3 aromatic rings. The quantitative estimate of drug-likeness (QED) is 0.281. The molecule has 0 spiro atoms. The fourth-order valence-electron chi connectivity index (χ4n) is 3.55. The van der Waals surface area contributed by atoms with Crippen LogP contribution in [0.5, 0.6) is 0 Å². The lowest BCUT2D eigenvalue weighted by molar-refractivity contribution is -0.106. The molecule has 0 aliphatic carbocycles. The van der Waals surface area contributed by atoms with Gasteiger partial charge in [0.1, 0.15) is 12.1 Å². The number of anilines is 3. The number of rotatable bonds is 9. The average molecular weight is 463 g/mol. The zero-order valence-electron chi connectivity index (χ0n) is 19.7. The molecule has 0 saturated carbocycles. The minimum absolute atomic E-state index is 0.571. The number of nitrogens with zero attached hydrogens (tertiary/aromatic N) is 4. The summed E-state index contributed by atoms with van der Waals surface area (Å²) in [6, 6.07) is 14.3. The van der Waals surface area contributed by atoms with Crippen LogP contribution in [0.2, 0.25) is 0 Å². The van der Waals surface area contributed by atoms with Gasteiger partial charge in [0, 0.05) is 62.9 Å². The molecule has 9 nitrogen and oxygen atoms in total. The van der Waals surface area contributed by atoms with Gasteiger partial charge in [0.15, 0.2) is 0 Å². The highest BCUT2D eigenvalue weighted by Gasteiger charge is 2.10. The fourth-order valence-corrected chi connectivity index (χ4v) is 3.55. The minimum Gasteiger partial charge on any atom is -0.370 e. The van der Waals surface area contributed by atoms with Crippen LogP contribution in [-0.4, -0.2) is 65.4 Å². The van der Waals surface area contributed by atoms with Crippen molar-refractivity contribution >= 4 is 23.7 Å². The van der Waals surface area contributed by atoms with Crippen LogP contribution in [0.4, 0.5) is 17.5 Å². The standard InChI is InChI=1S/C23H30N8.C2H4O/c24-8-2-9-26-22-6-5-19(16-28-22)21-7-10-27-23(30-21)29-20-4-1-3-18(15-20)17-31-13-11-25-12-14-31;1-2-3/h1,3-7,10,15-16,25H,2,8-9,11-14,17,24H2,(H,26,28)(H,27,29,30);2H,1H3. The molecule has 0 amide bonds. The molecule has 1 aliphatic rings. The molecule has 180 valence electrons. The third-order valence-corrected chi connectivity index (χ3v) is 5.20. The second-order valence-corrected chi connectivity index (χ2v) is 7.85. The largest absolute Gasteiger partial charge is 0.370 e. The topological polar surface area (TPSA) is 121 Å². The van der Waals surface area contributed by atoms with Crippen molar-refractivity contribution in [1.82, 2.24) is 25.2 Å². The van der Waals surface area contributed by atoms with E-state index >= 15 is 0 Å². The predicted molar refractivity (Wildman–Crippen MR) is 137 cm³/mol. The van der Waals surface area contributed by atoms with Crippen LogP contribution in [0.3, 0.4) is 0 Å².